The van der Waals surface area contributed by atoms with Crippen molar-refractivity contribution in [3.05, 3.63) is 42.0 Å². The Balaban J connectivity index is 2.56. The van der Waals surface area contributed by atoms with Gasteiger partial charge in [0.2, 0.25) is 0 Å². The van der Waals surface area contributed by atoms with Gasteiger partial charge in [0.05, 0.1) is 18.5 Å². The first-order valence-electron chi connectivity index (χ1n) is 12.2. The van der Waals surface area contributed by atoms with Crippen LogP contribution in [-0.2, 0) is 11.2 Å². The Morgan fingerprint density at radius 1 is 1.29 bits per heavy atom. The Kier molecular flexibility index (Phi) is 11.7. The molecule has 194 valence electrons. The van der Waals surface area contributed by atoms with E-state index < -0.39 is 11.7 Å². The molecule has 0 aliphatic heterocycles. The second-order valence-electron chi connectivity index (χ2n) is 10.8. The van der Waals surface area contributed by atoms with Gasteiger partial charge < -0.3 is 15.4 Å². The first kappa shape index (κ1) is 30.0. The van der Waals surface area contributed by atoms with Crippen LogP contribution in [0.1, 0.15) is 66.9 Å². The fraction of sp³-hybridized carbons (Fsp3) is 0.630. The van der Waals surface area contributed by atoms with Crippen molar-refractivity contribution in [2.75, 3.05) is 25.5 Å². The van der Waals surface area contributed by atoms with Gasteiger partial charge in [-0.25, -0.2) is 4.79 Å². The maximum absolute atomic E-state index is 11.9. The fourth-order valence-corrected chi connectivity index (χ4v) is 3.20. The van der Waals surface area contributed by atoms with Crippen LogP contribution in [0.15, 0.2) is 46.8 Å². The molecule has 0 spiro atoms. The standard InChI is InChI=1S/C27H44N6O2/c1-20(2)24(30-23-12-10-11-22(19-23)13-16-28)14-18-33(9)32-31-21(3)27(7,8)15-17-29-25(34)35-26(4,5)6/h10-12,19,21,24,30H,1,13-15,17-18H2,2-9H3,(H,29,34)/t21-,24?/m1/s1. The normalized spacial score (nSPS) is 13.6. The Labute approximate surface area is 211 Å². The van der Waals surface area contributed by atoms with E-state index in [9.17, 15) is 4.79 Å². The van der Waals surface area contributed by atoms with Crippen molar-refractivity contribution in [2.45, 2.75) is 85.4 Å². The van der Waals surface area contributed by atoms with Gasteiger partial charge in [0, 0.05) is 31.9 Å². The van der Waals surface area contributed by atoms with E-state index in [-0.39, 0.29) is 17.5 Å². The lowest BCUT2D eigenvalue weighted by atomic mass is 9.82. The van der Waals surface area contributed by atoms with E-state index >= 15 is 0 Å². The molecule has 0 radical (unpaired) electrons. The van der Waals surface area contributed by atoms with Crippen LogP contribution in [0.4, 0.5) is 10.5 Å². The zero-order chi connectivity index (χ0) is 26.6. The summed E-state index contributed by atoms with van der Waals surface area (Å²) in [5, 5.41) is 26.0. The third-order valence-corrected chi connectivity index (χ3v) is 5.83. The number of carbonyl (C=O) groups is 1. The molecule has 0 aliphatic carbocycles. The molecule has 8 nitrogen and oxygen atoms in total. The lowest BCUT2D eigenvalue weighted by Crippen LogP contribution is -2.36. The summed E-state index contributed by atoms with van der Waals surface area (Å²) in [4.78, 5) is 11.9. The first-order valence-corrected chi connectivity index (χ1v) is 12.2. The summed E-state index contributed by atoms with van der Waals surface area (Å²) in [6, 6.07) is 10.2. The molecular weight excluding hydrogens is 440 g/mol. The number of rotatable bonds is 13. The molecule has 1 aromatic rings. The van der Waals surface area contributed by atoms with Gasteiger partial charge in [-0.2, -0.15) is 10.4 Å². The number of benzene rings is 1. The number of nitrogens with one attached hydrogen (secondary N) is 2. The van der Waals surface area contributed by atoms with Gasteiger partial charge in [0.1, 0.15) is 5.60 Å². The molecule has 0 saturated heterocycles. The van der Waals surface area contributed by atoms with Gasteiger partial charge >= 0.3 is 6.09 Å². The van der Waals surface area contributed by atoms with Crippen LogP contribution in [0, 0.1) is 16.7 Å². The lowest BCUT2D eigenvalue weighted by molar-refractivity contribution is 0.0520. The third-order valence-electron chi connectivity index (χ3n) is 5.83. The van der Waals surface area contributed by atoms with Crippen molar-refractivity contribution in [3.63, 3.8) is 0 Å². The molecule has 2 atom stereocenters. The van der Waals surface area contributed by atoms with Crippen molar-refractivity contribution in [1.82, 2.24) is 10.3 Å². The predicted octanol–water partition coefficient (Wildman–Crippen LogP) is 6.13. The van der Waals surface area contributed by atoms with E-state index in [1.807, 2.05) is 70.9 Å². The predicted molar refractivity (Wildman–Crippen MR) is 142 cm³/mol. The maximum Gasteiger partial charge on any atom is 0.407 e. The van der Waals surface area contributed by atoms with E-state index in [2.05, 4.69) is 47.5 Å². The van der Waals surface area contributed by atoms with Gasteiger partial charge in [-0.15, -0.1) is 0 Å². The highest BCUT2D eigenvalue weighted by atomic mass is 16.6. The van der Waals surface area contributed by atoms with Crippen LogP contribution >= 0.6 is 0 Å². The molecule has 1 aromatic carbocycles. The minimum atomic E-state index is -0.508. The Bertz CT molecular complexity index is 898. The fourth-order valence-electron chi connectivity index (χ4n) is 3.20. The third kappa shape index (κ3) is 12.3. The second kappa shape index (κ2) is 13.7. The van der Waals surface area contributed by atoms with Crippen molar-refractivity contribution in [3.8, 4) is 6.07 Å². The minimum Gasteiger partial charge on any atom is -0.444 e. The molecule has 8 heteroatoms. The van der Waals surface area contributed by atoms with E-state index in [1.165, 1.54) is 0 Å². The van der Waals surface area contributed by atoms with Crippen molar-refractivity contribution in [1.29, 1.82) is 5.26 Å². The van der Waals surface area contributed by atoms with E-state index in [1.54, 1.807) is 0 Å². The highest BCUT2D eigenvalue weighted by molar-refractivity contribution is 5.67. The number of hydrogen-bond acceptors (Lipinski definition) is 6. The quantitative estimate of drug-likeness (QED) is 0.199. The van der Waals surface area contributed by atoms with Gasteiger partial charge in [-0.05, 0) is 70.6 Å². The zero-order valence-corrected chi connectivity index (χ0v) is 22.8. The summed E-state index contributed by atoms with van der Waals surface area (Å²) in [6.07, 6.45) is 1.55. The number of carbonyl (C=O) groups excluding carboxylic acids is 1. The highest BCUT2D eigenvalue weighted by Crippen LogP contribution is 2.27. The zero-order valence-electron chi connectivity index (χ0n) is 22.8. The molecule has 0 bridgehead atoms. The van der Waals surface area contributed by atoms with Crippen molar-refractivity contribution >= 4 is 11.8 Å². The van der Waals surface area contributed by atoms with Gasteiger partial charge in [0.25, 0.3) is 0 Å². The van der Waals surface area contributed by atoms with E-state index in [4.69, 9.17) is 10.00 Å². The Hall–Kier alpha value is -3.08. The molecule has 1 unspecified atom stereocenters. The SMILES string of the molecule is C=C(C)C(CCN(C)N=N[C@H](C)C(C)(C)CCNC(=O)OC(C)(C)C)Nc1cccc(CC#N)c1. The second-order valence-corrected chi connectivity index (χ2v) is 10.8. The summed E-state index contributed by atoms with van der Waals surface area (Å²) < 4.78 is 5.29. The van der Waals surface area contributed by atoms with E-state index in [0.29, 0.717) is 19.5 Å². The average Bonchev–Trinajstić information content (AvgIpc) is 2.73. The molecule has 0 aromatic heterocycles. The summed E-state index contributed by atoms with van der Waals surface area (Å²) in [5.41, 5.74) is 2.35. The van der Waals surface area contributed by atoms with E-state index in [0.717, 1.165) is 29.7 Å². The Morgan fingerprint density at radius 3 is 2.57 bits per heavy atom. The molecule has 1 amide bonds. The van der Waals surface area contributed by atoms with Gasteiger partial charge in [-0.1, -0.05) is 43.4 Å². The summed E-state index contributed by atoms with van der Waals surface area (Å²) >= 11 is 0. The summed E-state index contributed by atoms with van der Waals surface area (Å²) in [5.74, 6) is 0. The topological polar surface area (TPSA) is 102 Å². The lowest BCUT2D eigenvalue weighted by Gasteiger charge is -2.29. The van der Waals surface area contributed by atoms with Crippen LogP contribution in [0.2, 0.25) is 0 Å². The number of alkyl carbamates (subject to hydrolysis) is 1. The molecule has 35 heavy (non-hydrogen) atoms. The molecular formula is C27H44N6O2. The number of nitriles is 1. The number of ether oxygens (including phenoxy) is 1. The summed E-state index contributed by atoms with van der Waals surface area (Å²) in [7, 11) is 1.91. The average molecular weight is 485 g/mol. The molecule has 0 aliphatic rings. The van der Waals surface area contributed by atoms with Crippen molar-refractivity contribution in [2.24, 2.45) is 15.8 Å². The smallest absolute Gasteiger partial charge is 0.407 e. The Morgan fingerprint density at radius 2 is 1.97 bits per heavy atom. The van der Waals surface area contributed by atoms with Crippen molar-refractivity contribution < 1.29 is 9.53 Å². The monoisotopic (exact) mass is 484 g/mol. The summed E-state index contributed by atoms with van der Waals surface area (Å²) in [6.45, 7) is 19.2. The highest BCUT2D eigenvalue weighted by Gasteiger charge is 2.26. The number of hydrogen-bond donors (Lipinski definition) is 2. The first-order chi connectivity index (χ1) is 16.2. The number of nitrogens with zero attached hydrogens (tertiary/aromatic N) is 4. The molecule has 0 heterocycles. The number of amides is 1. The van der Waals surface area contributed by atoms with Gasteiger partial charge in [-0.3, -0.25) is 5.01 Å². The largest absolute Gasteiger partial charge is 0.444 e. The molecule has 0 saturated carbocycles. The van der Waals surface area contributed by atoms with Crippen LogP contribution < -0.4 is 10.6 Å². The molecule has 2 N–H and O–H groups in total. The van der Waals surface area contributed by atoms with Crippen LogP contribution in [0.3, 0.4) is 0 Å². The minimum absolute atomic E-state index is 0.0247. The maximum atomic E-state index is 11.9. The van der Waals surface area contributed by atoms with Crippen LogP contribution in [0.25, 0.3) is 0 Å². The number of anilines is 1. The van der Waals surface area contributed by atoms with Crippen LogP contribution in [-0.4, -0.2) is 48.9 Å². The molecule has 1 rings (SSSR count). The molecule has 0 fully saturated rings. The van der Waals surface area contributed by atoms with Crippen LogP contribution in [0.5, 0.6) is 0 Å². The van der Waals surface area contributed by atoms with Gasteiger partial charge in [0.15, 0.2) is 0 Å².